The van der Waals surface area contributed by atoms with Gasteiger partial charge in [0.1, 0.15) is 6.61 Å². The Balaban J connectivity index is 3.75. The van der Waals surface area contributed by atoms with Gasteiger partial charge in [0.15, 0.2) is 6.10 Å². The molecule has 1 atom stereocenters. The summed E-state index contributed by atoms with van der Waals surface area (Å²) in [6.45, 7) is 3.79. The molecule has 0 spiro atoms. The lowest BCUT2D eigenvalue weighted by molar-refractivity contribution is -0.161. The third kappa shape index (κ3) is 35.3. The standard InChI is InChI=1S/C42H64O5/c1-3-5-7-9-11-13-15-17-18-19-20-21-22-23-25-27-29-31-33-35-37-42(45)47-40(38-43)39-46-41(44)36-34-32-30-28-26-24-16-14-12-10-8-6-4-2/h5-8,10-14,16-18,20-21,23-26,40,43H,3-4,9,15,19,22,27-39H2,1-2H3/b7-5+,8-6+,12-10+,13-11+,16-14+,18-17+,21-20+,25-23+,26-24+. The van der Waals surface area contributed by atoms with Crippen molar-refractivity contribution in [3.8, 4) is 0 Å². The summed E-state index contributed by atoms with van der Waals surface area (Å²) < 4.78 is 10.5. The van der Waals surface area contributed by atoms with Gasteiger partial charge in [-0.25, -0.2) is 0 Å². The molecule has 0 aliphatic heterocycles. The zero-order chi connectivity index (χ0) is 34.3. The highest BCUT2D eigenvalue weighted by Crippen LogP contribution is 2.09. The van der Waals surface area contributed by atoms with E-state index in [1.807, 2.05) is 36.5 Å². The summed E-state index contributed by atoms with van der Waals surface area (Å²) in [7, 11) is 0. The maximum Gasteiger partial charge on any atom is 0.306 e. The van der Waals surface area contributed by atoms with Crippen molar-refractivity contribution in [2.75, 3.05) is 13.2 Å². The minimum atomic E-state index is -0.808. The summed E-state index contributed by atoms with van der Waals surface area (Å²) in [5.41, 5.74) is 0. The second-order valence-corrected chi connectivity index (χ2v) is 11.3. The lowest BCUT2D eigenvalue weighted by atomic mass is 10.1. The summed E-state index contributed by atoms with van der Waals surface area (Å²) in [5, 5.41) is 9.52. The highest BCUT2D eigenvalue weighted by molar-refractivity contribution is 5.70. The Kier molecular flexibility index (Phi) is 34.3. The van der Waals surface area contributed by atoms with E-state index in [0.717, 1.165) is 96.3 Å². The van der Waals surface area contributed by atoms with Crippen LogP contribution in [0.4, 0.5) is 0 Å². The van der Waals surface area contributed by atoms with Crippen LogP contribution in [0.5, 0.6) is 0 Å². The van der Waals surface area contributed by atoms with E-state index in [0.29, 0.717) is 12.8 Å². The molecule has 0 rings (SSSR count). The molecular formula is C42H64O5. The van der Waals surface area contributed by atoms with Crippen LogP contribution in [0.15, 0.2) is 109 Å². The molecule has 1 N–H and O–H groups in total. The molecular weight excluding hydrogens is 584 g/mol. The Hall–Kier alpha value is -3.44. The predicted octanol–water partition coefficient (Wildman–Crippen LogP) is 11.1. The van der Waals surface area contributed by atoms with Crippen molar-refractivity contribution in [1.29, 1.82) is 0 Å². The van der Waals surface area contributed by atoms with Crippen LogP contribution in [-0.2, 0) is 19.1 Å². The SMILES string of the molecule is CC/C=C/C=C/C=C/C=C/CCCCCC(=O)OCC(CO)OC(=O)CCCCCC/C=C/C/C=C/C/C=C/C/C=C/C/C=C/CC. The smallest absolute Gasteiger partial charge is 0.306 e. The zero-order valence-corrected chi connectivity index (χ0v) is 29.5. The summed E-state index contributed by atoms with van der Waals surface area (Å²) in [5.74, 6) is -0.681. The van der Waals surface area contributed by atoms with Crippen LogP contribution in [0, 0.1) is 0 Å². The molecule has 0 bridgehead atoms. The molecule has 0 aromatic rings. The molecule has 0 aliphatic carbocycles. The molecule has 5 nitrogen and oxygen atoms in total. The molecule has 0 aromatic carbocycles. The fraction of sp³-hybridized carbons (Fsp3) is 0.524. The first-order valence-corrected chi connectivity index (χ1v) is 18.0. The molecule has 0 radical (unpaired) electrons. The quantitative estimate of drug-likeness (QED) is 0.0363. The second-order valence-electron chi connectivity index (χ2n) is 11.3. The van der Waals surface area contributed by atoms with Gasteiger partial charge in [0.05, 0.1) is 6.61 Å². The zero-order valence-electron chi connectivity index (χ0n) is 29.5. The maximum absolute atomic E-state index is 12.1. The van der Waals surface area contributed by atoms with Crippen molar-refractivity contribution < 1.29 is 24.2 Å². The Bertz CT molecular complexity index is 1010. The summed E-state index contributed by atoms with van der Waals surface area (Å²) in [4.78, 5) is 24.2. The lowest BCUT2D eigenvalue weighted by Gasteiger charge is -2.15. The topological polar surface area (TPSA) is 72.8 Å². The van der Waals surface area contributed by atoms with Gasteiger partial charge in [-0.3, -0.25) is 9.59 Å². The van der Waals surface area contributed by atoms with Crippen LogP contribution in [0.1, 0.15) is 123 Å². The van der Waals surface area contributed by atoms with Crippen LogP contribution in [0.3, 0.4) is 0 Å². The van der Waals surface area contributed by atoms with Crippen molar-refractivity contribution in [3.63, 3.8) is 0 Å². The van der Waals surface area contributed by atoms with Gasteiger partial charge in [-0.1, -0.05) is 142 Å². The highest BCUT2D eigenvalue weighted by Gasteiger charge is 2.16. The molecule has 0 amide bonds. The lowest BCUT2D eigenvalue weighted by Crippen LogP contribution is -2.28. The Morgan fingerprint density at radius 1 is 0.511 bits per heavy atom. The molecule has 47 heavy (non-hydrogen) atoms. The van der Waals surface area contributed by atoms with Gasteiger partial charge in [-0.05, 0) is 77.0 Å². The molecule has 0 saturated heterocycles. The van der Waals surface area contributed by atoms with Crippen LogP contribution in [0.25, 0.3) is 0 Å². The summed E-state index contributed by atoms with van der Waals surface area (Å²) >= 11 is 0. The highest BCUT2D eigenvalue weighted by atomic mass is 16.6. The van der Waals surface area contributed by atoms with Crippen molar-refractivity contribution in [2.45, 2.75) is 129 Å². The minimum Gasteiger partial charge on any atom is -0.462 e. The van der Waals surface area contributed by atoms with E-state index in [9.17, 15) is 14.7 Å². The first kappa shape index (κ1) is 43.6. The van der Waals surface area contributed by atoms with Crippen LogP contribution in [0.2, 0.25) is 0 Å². The van der Waals surface area contributed by atoms with Crippen molar-refractivity contribution in [1.82, 2.24) is 0 Å². The number of unbranched alkanes of at least 4 members (excludes halogenated alkanes) is 7. The Labute approximate surface area is 287 Å². The molecule has 0 aromatic heterocycles. The van der Waals surface area contributed by atoms with Gasteiger partial charge >= 0.3 is 11.9 Å². The minimum absolute atomic E-state index is 0.105. The molecule has 262 valence electrons. The van der Waals surface area contributed by atoms with Crippen LogP contribution < -0.4 is 0 Å². The number of aliphatic hydroxyl groups is 1. The number of hydrogen-bond donors (Lipinski definition) is 1. The molecule has 0 heterocycles. The molecule has 1 unspecified atom stereocenters. The van der Waals surface area contributed by atoms with Gasteiger partial charge in [0.25, 0.3) is 0 Å². The molecule has 0 aliphatic rings. The van der Waals surface area contributed by atoms with Gasteiger partial charge in [-0.2, -0.15) is 0 Å². The number of hydrogen-bond acceptors (Lipinski definition) is 5. The fourth-order valence-electron chi connectivity index (χ4n) is 4.23. The number of allylic oxidation sites excluding steroid dienone is 18. The number of ether oxygens (including phenoxy) is 2. The largest absolute Gasteiger partial charge is 0.462 e. The van der Waals surface area contributed by atoms with Crippen LogP contribution >= 0.6 is 0 Å². The Morgan fingerprint density at radius 2 is 0.957 bits per heavy atom. The van der Waals surface area contributed by atoms with E-state index >= 15 is 0 Å². The van der Waals surface area contributed by atoms with Gasteiger partial charge in [0.2, 0.25) is 0 Å². The maximum atomic E-state index is 12.1. The van der Waals surface area contributed by atoms with E-state index in [-0.39, 0.29) is 25.2 Å². The number of carbonyl (C=O) groups is 2. The van der Waals surface area contributed by atoms with Crippen molar-refractivity contribution in [2.24, 2.45) is 0 Å². The summed E-state index contributed by atoms with van der Waals surface area (Å²) in [6, 6.07) is 0. The Morgan fingerprint density at radius 3 is 1.53 bits per heavy atom. The third-order valence-electron chi connectivity index (χ3n) is 6.91. The average Bonchev–Trinajstić information content (AvgIpc) is 3.07. The number of esters is 2. The number of rotatable bonds is 30. The van der Waals surface area contributed by atoms with Gasteiger partial charge in [0, 0.05) is 12.8 Å². The van der Waals surface area contributed by atoms with Crippen LogP contribution in [-0.4, -0.2) is 36.4 Å². The van der Waals surface area contributed by atoms with Crippen molar-refractivity contribution in [3.05, 3.63) is 109 Å². The van der Waals surface area contributed by atoms with Crippen molar-refractivity contribution >= 4 is 11.9 Å². The third-order valence-corrected chi connectivity index (χ3v) is 6.91. The second kappa shape index (κ2) is 37.0. The molecule has 0 saturated carbocycles. The predicted molar refractivity (Wildman–Crippen MR) is 200 cm³/mol. The first-order chi connectivity index (χ1) is 23.1. The normalized spacial score (nSPS) is 13.5. The molecule has 0 fully saturated rings. The molecule has 5 heteroatoms. The van der Waals surface area contributed by atoms with E-state index in [1.54, 1.807) is 0 Å². The number of carbonyl (C=O) groups excluding carboxylic acids is 2. The van der Waals surface area contributed by atoms with E-state index in [4.69, 9.17) is 9.47 Å². The fourth-order valence-corrected chi connectivity index (χ4v) is 4.23. The summed E-state index contributed by atoms with van der Waals surface area (Å²) in [6.07, 6.45) is 52.8. The van der Waals surface area contributed by atoms with E-state index < -0.39 is 6.10 Å². The average molecular weight is 649 g/mol. The van der Waals surface area contributed by atoms with E-state index in [1.165, 1.54) is 0 Å². The van der Waals surface area contributed by atoms with Gasteiger partial charge in [-0.15, -0.1) is 0 Å². The monoisotopic (exact) mass is 648 g/mol. The number of aliphatic hydroxyl groups excluding tert-OH is 1. The first-order valence-electron chi connectivity index (χ1n) is 18.0. The van der Waals surface area contributed by atoms with E-state index in [2.05, 4.69) is 86.8 Å². The van der Waals surface area contributed by atoms with Gasteiger partial charge < -0.3 is 14.6 Å².